The van der Waals surface area contributed by atoms with E-state index in [1.807, 2.05) is 30.5 Å². The average Bonchev–Trinajstić information content (AvgIpc) is 2.80. The molecule has 1 aromatic heterocycles. The fraction of sp³-hybridized carbons (Fsp3) is 0.421. The molecule has 0 amide bonds. The van der Waals surface area contributed by atoms with E-state index >= 15 is 0 Å². The molecule has 2 aromatic rings. The zero-order chi connectivity index (χ0) is 18.2. The van der Waals surface area contributed by atoms with Gasteiger partial charge in [0.2, 0.25) is 10.0 Å². The van der Waals surface area contributed by atoms with Crippen molar-refractivity contribution in [2.75, 3.05) is 37.4 Å². The van der Waals surface area contributed by atoms with Gasteiger partial charge in [-0.25, -0.2) is 12.7 Å². The third-order valence-corrected chi connectivity index (χ3v) is 6.64. The monoisotopic (exact) mass is 373 g/mol. The van der Waals surface area contributed by atoms with Crippen LogP contribution in [-0.2, 0) is 20.4 Å². The second kappa shape index (κ2) is 6.64. The molecule has 0 N–H and O–H groups in total. The molecule has 0 bridgehead atoms. The summed E-state index contributed by atoms with van der Waals surface area (Å²) in [6.07, 6.45) is 6.24. The lowest BCUT2D eigenvalue weighted by atomic mass is 9.83. The summed E-state index contributed by atoms with van der Waals surface area (Å²) in [6.45, 7) is 2.29. The Morgan fingerprint density at radius 2 is 1.85 bits per heavy atom. The molecule has 26 heavy (non-hydrogen) atoms. The predicted octanol–water partition coefficient (Wildman–Crippen LogP) is 2.50. The number of hydrogen-bond acceptors (Lipinski definition) is 5. The number of fused-ring (bicyclic) bond motifs is 2. The molecule has 1 spiro atoms. The molecule has 0 atom stereocenters. The van der Waals surface area contributed by atoms with Crippen LogP contribution in [0, 0.1) is 0 Å². The van der Waals surface area contributed by atoms with Gasteiger partial charge in [-0.1, -0.05) is 18.2 Å². The van der Waals surface area contributed by atoms with Crippen LogP contribution in [0.3, 0.4) is 0 Å². The molecule has 0 aliphatic carbocycles. The quantitative estimate of drug-likeness (QED) is 0.809. The molecule has 2 aliphatic rings. The molecule has 1 saturated heterocycles. The Morgan fingerprint density at radius 3 is 2.54 bits per heavy atom. The Balaban J connectivity index is 1.72. The number of benzene rings is 1. The van der Waals surface area contributed by atoms with E-state index in [-0.39, 0.29) is 0 Å². The molecule has 6 nitrogen and oxygen atoms in total. The number of aromatic nitrogens is 1. The van der Waals surface area contributed by atoms with Gasteiger partial charge in [-0.15, -0.1) is 0 Å². The number of nitrogens with zero attached hydrogens (tertiary/aromatic N) is 3. The SMILES string of the molecule is CS(=O)(=O)N1CCC2(CC1)OCCN(c1cccnc1)c1ccccc12. The van der Waals surface area contributed by atoms with E-state index in [0.717, 1.165) is 23.5 Å². The summed E-state index contributed by atoms with van der Waals surface area (Å²) in [4.78, 5) is 6.48. The molecule has 1 fully saturated rings. The Bertz CT molecular complexity index is 878. The normalized spacial score (nSPS) is 20.6. The van der Waals surface area contributed by atoms with Gasteiger partial charge in [0, 0.05) is 37.1 Å². The number of para-hydroxylation sites is 1. The minimum absolute atomic E-state index is 0.436. The highest BCUT2D eigenvalue weighted by atomic mass is 32.2. The van der Waals surface area contributed by atoms with E-state index < -0.39 is 15.6 Å². The number of hydrogen-bond donors (Lipinski definition) is 0. The highest BCUT2D eigenvalue weighted by Crippen LogP contribution is 2.45. The lowest BCUT2D eigenvalue weighted by Gasteiger charge is -2.41. The first kappa shape index (κ1) is 17.5. The van der Waals surface area contributed by atoms with Gasteiger partial charge in [-0.3, -0.25) is 4.98 Å². The summed E-state index contributed by atoms with van der Waals surface area (Å²) < 4.78 is 31.7. The van der Waals surface area contributed by atoms with Crippen molar-refractivity contribution in [3.05, 3.63) is 54.4 Å². The van der Waals surface area contributed by atoms with E-state index in [4.69, 9.17) is 4.74 Å². The number of rotatable bonds is 2. The van der Waals surface area contributed by atoms with Crippen molar-refractivity contribution in [3.63, 3.8) is 0 Å². The third-order valence-electron chi connectivity index (χ3n) is 5.34. The lowest BCUT2D eigenvalue weighted by Crippen LogP contribution is -2.46. The van der Waals surface area contributed by atoms with Crippen molar-refractivity contribution in [2.45, 2.75) is 18.4 Å². The molecule has 7 heteroatoms. The van der Waals surface area contributed by atoms with Crippen LogP contribution in [0.15, 0.2) is 48.8 Å². The smallest absolute Gasteiger partial charge is 0.211 e. The fourth-order valence-corrected chi connectivity index (χ4v) is 4.84. The molecule has 4 rings (SSSR count). The molecular formula is C19H23N3O3S. The zero-order valence-corrected chi connectivity index (χ0v) is 15.7. The van der Waals surface area contributed by atoms with Crippen molar-refractivity contribution in [2.24, 2.45) is 0 Å². The van der Waals surface area contributed by atoms with Gasteiger partial charge in [-0.05, 0) is 31.0 Å². The highest BCUT2D eigenvalue weighted by Gasteiger charge is 2.42. The Morgan fingerprint density at radius 1 is 1.08 bits per heavy atom. The van der Waals surface area contributed by atoms with Crippen molar-refractivity contribution in [3.8, 4) is 0 Å². The maximum atomic E-state index is 11.9. The molecule has 138 valence electrons. The van der Waals surface area contributed by atoms with Crippen molar-refractivity contribution >= 4 is 21.4 Å². The molecule has 2 aliphatic heterocycles. The van der Waals surface area contributed by atoms with Gasteiger partial charge >= 0.3 is 0 Å². The van der Waals surface area contributed by atoms with Crippen LogP contribution in [0.1, 0.15) is 18.4 Å². The van der Waals surface area contributed by atoms with Crippen LogP contribution in [0.2, 0.25) is 0 Å². The number of ether oxygens (including phenoxy) is 1. The van der Waals surface area contributed by atoms with Crippen molar-refractivity contribution in [1.82, 2.24) is 9.29 Å². The van der Waals surface area contributed by atoms with E-state index in [2.05, 4.69) is 22.0 Å². The van der Waals surface area contributed by atoms with Crippen LogP contribution >= 0.6 is 0 Å². The summed E-state index contributed by atoms with van der Waals surface area (Å²) in [7, 11) is -3.16. The largest absolute Gasteiger partial charge is 0.368 e. The average molecular weight is 373 g/mol. The first-order valence-corrected chi connectivity index (χ1v) is 10.7. The summed E-state index contributed by atoms with van der Waals surface area (Å²) in [5.41, 5.74) is 2.85. The first-order valence-electron chi connectivity index (χ1n) is 8.86. The zero-order valence-electron chi connectivity index (χ0n) is 14.8. The summed E-state index contributed by atoms with van der Waals surface area (Å²) in [5.74, 6) is 0. The van der Waals surface area contributed by atoms with Gasteiger partial charge in [0.1, 0.15) is 0 Å². The van der Waals surface area contributed by atoms with Crippen molar-refractivity contribution < 1.29 is 13.2 Å². The van der Waals surface area contributed by atoms with E-state index in [1.165, 1.54) is 6.26 Å². The van der Waals surface area contributed by atoms with E-state index in [1.54, 1.807) is 10.5 Å². The standard InChI is InChI=1S/C19H23N3O3S/c1-26(23,24)21-11-8-19(9-12-21)17-6-2-3-7-18(17)22(13-14-25-19)16-5-4-10-20-15-16/h2-7,10,15H,8-9,11-14H2,1H3. The molecule has 3 heterocycles. The number of sulfonamides is 1. The van der Waals surface area contributed by atoms with Crippen LogP contribution in [0.4, 0.5) is 11.4 Å². The minimum atomic E-state index is -3.16. The molecule has 1 aromatic carbocycles. The molecule has 0 unspecified atom stereocenters. The second-order valence-corrected chi connectivity index (χ2v) is 8.87. The minimum Gasteiger partial charge on any atom is -0.368 e. The highest BCUT2D eigenvalue weighted by molar-refractivity contribution is 7.88. The maximum Gasteiger partial charge on any atom is 0.211 e. The Labute approximate surface area is 154 Å². The Kier molecular flexibility index (Phi) is 4.46. The van der Waals surface area contributed by atoms with Crippen LogP contribution in [0.5, 0.6) is 0 Å². The predicted molar refractivity (Wildman–Crippen MR) is 101 cm³/mol. The van der Waals surface area contributed by atoms with Gasteiger partial charge in [0.25, 0.3) is 0 Å². The number of anilines is 2. The first-order chi connectivity index (χ1) is 12.5. The van der Waals surface area contributed by atoms with Crippen LogP contribution < -0.4 is 4.90 Å². The molecule has 0 radical (unpaired) electrons. The van der Waals surface area contributed by atoms with Gasteiger partial charge in [0.05, 0.1) is 30.3 Å². The topological polar surface area (TPSA) is 62.7 Å². The van der Waals surface area contributed by atoms with E-state index in [0.29, 0.717) is 32.5 Å². The lowest BCUT2D eigenvalue weighted by molar-refractivity contribution is -0.0738. The number of pyridine rings is 1. The summed E-state index contributed by atoms with van der Waals surface area (Å²) >= 11 is 0. The fourth-order valence-electron chi connectivity index (χ4n) is 4.00. The second-order valence-electron chi connectivity index (χ2n) is 6.88. The number of piperidine rings is 1. The van der Waals surface area contributed by atoms with Crippen LogP contribution in [-0.4, -0.2) is 50.2 Å². The third kappa shape index (κ3) is 3.11. The molecule has 0 saturated carbocycles. The Hall–Kier alpha value is -1.96. The van der Waals surface area contributed by atoms with Crippen molar-refractivity contribution in [1.29, 1.82) is 0 Å². The van der Waals surface area contributed by atoms with Gasteiger partial charge < -0.3 is 9.64 Å². The van der Waals surface area contributed by atoms with Gasteiger partial charge in [-0.2, -0.15) is 0 Å². The molecular weight excluding hydrogens is 350 g/mol. The maximum absolute atomic E-state index is 11.9. The van der Waals surface area contributed by atoms with Gasteiger partial charge in [0.15, 0.2) is 0 Å². The van der Waals surface area contributed by atoms with E-state index in [9.17, 15) is 8.42 Å². The van der Waals surface area contributed by atoms with Crippen LogP contribution in [0.25, 0.3) is 0 Å². The summed E-state index contributed by atoms with van der Waals surface area (Å²) in [6, 6.07) is 12.3. The summed E-state index contributed by atoms with van der Waals surface area (Å²) in [5, 5.41) is 0.